The van der Waals surface area contributed by atoms with Gasteiger partial charge in [0.05, 0.1) is 23.0 Å². The van der Waals surface area contributed by atoms with E-state index in [0.29, 0.717) is 5.56 Å². The van der Waals surface area contributed by atoms with Gasteiger partial charge in [0.1, 0.15) is 0 Å². The molecule has 1 N–H and O–H groups in total. The molecular weight excluding hydrogens is 408 g/mol. The van der Waals surface area contributed by atoms with Crippen LogP contribution in [0.1, 0.15) is 23.2 Å². The molecule has 2 aliphatic rings. The van der Waals surface area contributed by atoms with Crippen LogP contribution in [0.4, 0.5) is 5.69 Å². The molecule has 0 spiro atoms. The largest absolute Gasteiger partial charge is 0.370 e. The third kappa shape index (κ3) is 3.42. The predicted molar refractivity (Wildman–Crippen MR) is 131 cm³/mol. The highest BCUT2D eigenvalue weighted by Gasteiger charge is 2.24. The molecule has 0 aliphatic carbocycles. The highest BCUT2D eigenvalue weighted by atomic mass is 15.2. The molecule has 164 valence electrons. The van der Waals surface area contributed by atoms with Crippen LogP contribution < -0.4 is 10.2 Å². The number of imidazole rings is 1. The lowest BCUT2D eigenvalue weighted by Crippen LogP contribution is -2.28. The second-order valence-electron chi connectivity index (χ2n) is 8.89. The molecule has 2 aromatic heterocycles. The summed E-state index contributed by atoms with van der Waals surface area (Å²) in [5, 5.41) is 12.6. The minimum Gasteiger partial charge on any atom is -0.370 e. The number of nitriles is 1. The van der Waals surface area contributed by atoms with Crippen LogP contribution in [-0.4, -0.2) is 40.3 Å². The Morgan fingerprint density at radius 3 is 2.73 bits per heavy atom. The molecule has 6 rings (SSSR count). The first kappa shape index (κ1) is 19.8. The Hall–Kier alpha value is -3.82. The van der Waals surface area contributed by atoms with Crippen LogP contribution in [0, 0.1) is 18.3 Å². The average molecular weight is 435 g/mol. The predicted octanol–water partition coefficient (Wildman–Crippen LogP) is 4.35. The van der Waals surface area contributed by atoms with Gasteiger partial charge in [0.2, 0.25) is 0 Å². The minimum absolute atomic E-state index is 0.677. The highest BCUT2D eigenvalue weighted by Crippen LogP contribution is 2.36. The lowest BCUT2D eigenvalue weighted by molar-refractivity contribution is 0.724. The fourth-order valence-electron chi connectivity index (χ4n) is 5.05. The van der Waals surface area contributed by atoms with E-state index in [2.05, 4.69) is 62.8 Å². The molecule has 1 saturated heterocycles. The number of fused-ring (bicyclic) bond motifs is 5. The summed E-state index contributed by atoms with van der Waals surface area (Å²) in [5.41, 5.74) is 8.96. The second kappa shape index (κ2) is 7.95. The first-order valence-electron chi connectivity index (χ1n) is 11.6. The van der Waals surface area contributed by atoms with E-state index in [1.807, 2.05) is 30.5 Å². The number of aryl methyl sites for hydroxylation is 1. The van der Waals surface area contributed by atoms with Crippen molar-refractivity contribution in [3.05, 3.63) is 77.7 Å². The van der Waals surface area contributed by atoms with Crippen LogP contribution in [0.25, 0.3) is 28.3 Å². The van der Waals surface area contributed by atoms with Crippen molar-refractivity contribution in [2.45, 2.75) is 19.9 Å². The zero-order chi connectivity index (χ0) is 22.4. The highest BCUT2D eigenvalue weighted by molar-refractivity contribution is 5.73. The summed E-state index contributed by atoms with van der Waals surface area (Å²) in [5.74, 6) is 0.970. The van der Waals surface area contributed by atoms with Crippen LogP contribution in [0.2, 0.25) is 0 Å². The van der Waals surface area contributed by atoms with Crippen molar-refractivity contribution in [2.75, 3.05) is 31.1 Å². The molecule has 0 radical (unpaired) electrons. The zero-order valence-electron chi connectivity index (χ0n) is 18.8. The van der Waals surface area contributed by atoms with Crippen molar-refractivity contribution in [1.82, 2.24) is 19.4 Å². The Labute approximate surface area is 193 Å². The maximum Gasteiger partial charge on any atom is 0.161 e. The van der Waals surface area contributed by atoms with Gasteiger partial charge in [-0.3, -0.25) is 4.57 Å². The quantitative estimate of drug-likeness (QED) is 0.449. The maximum absolute atomic E-state index is 9.13. The van der Waals surface area contributed by atoms with Gasteiger partial charge in [0.15, 0.2) is 5.82 Å². The number of anilines is 1. The van der Waals surface area contributed by atoms with Crippen LogP contribution in [0.15, 0.2) is 60.9 Å². The Morgan fingerprint density at radius 1 is 1.00 bits per heavy atom. The maximum atomic E-state index is 9.13. The van der Waals surface area contributed by atoms with E-state index in [1.165, 1.54) is 16.9 Å². The van der Waals surface area contributed by atoms with Crippen molar-refractivity contribution in [2.24, 2.45) is 0 Å². The molecule has 0 bridgehead atoms. The molecule has 0 unspecified atom stereocenters. The molecule has 2 aromatic carbocycles. The molecule has 1 fully saturated rings. The van der Waals surface area contributed by atoms with Crippen LogP contribution in [0.3, 0.4) is 0 Å². The Bertz CT molecular complexity index is 1360. The topological polar surface area (TPSA) is 61.8 Å². The van der Waals surface area contributed by atoms with E-state index in [0.717, 1.165) is 67.5 Å². The Balaban J connectivity index is 1.45. The molecule has 0 amide bonds. The number of rotatable bonds is 2. The fraction of sp³-hybridized carbons (Fsp3) is 0.259. The number of aromatic nitrogens is 3. The minimum atomic E-state index is 0.677. The molecule has 6 nitrogen and oxygen atoms in total. The average Bonchev–Trinajstić information content (AvgIpc) is 3.26. The first-order valence-corrected chi connectivity index (χ1v) is 11.6. The van der Waals surface area contributed by atoms with Crippen molar-refractivity contribution >= 4 is 5.69 Å². The summed E-state index contributed by atoms with van der Waals surface area (Å²) >= 11 is 0. The van der Waals surface area contributed by atoms with Crippen molar-refractivity contribution in [3.8, 4) is 34.4 Å². The standard InChI is InChI=1S/C27H26N6/c1-19-16-30-27-26-14-22(21-5-3-20(15-28)4-6-21)17-32(26)18-23-13-24(7-8-25(23)33(19)27)31-11-2-9-29-10-12-31/h3-8,13-14,16-17,29H,2,9-12,18H2,1H3. The molecule has 2 aliphatic heterocycles. The van der Waals surface area contributed by atoms with E-state index in [1.54, 1.807) is 0 Å². The third-order valence-electron chi connectivity index (χ3n) is 6.76. The van der Waals surface area contributed by atoms with E-state index in [9.17, 15) is 0 Å². The molecule has 33 heavy (non-hydrogen) atoms. The lowest BCUT2D eigenvalue weighted by atomic mass is 10.1. The lowest BCUT2D eigenvalue weighted by Gasteiger charge is -2.24. The van der Waals surface area contributed by atoms with Gasteiger partial charge in [-0.1, -0.05) is 12.1 Å². The first-order chi connectivity index (χ1) is 16.2. The normalized spacial score (nSPS) is 15.1. The summed E-state index contributed by atoms with van der Waals surface area (Å²) in [4.78, 5) is 7.29. The van der Waals surface area contributed by atoms with Crippen LogP contribution >= 0.6 is 0 Å². The van der Waals surface area contributed by atoms with Gasteiger partial charge in [-0.25, -0.2) is 4.98 Å². The van der Waals surface area contributed by atoms with E-state index < -0.39 is 0 Å². The summed E-state index contributed by atoms with van der Waals surface area (Å²) in [7, 11) is 0. The molecular formula is C27H26N6. The van der Waals surface area contributed by atoms with Crippen LogP contribution in [-0.2, 0) is 6.54 Å². The summed E-state index contributed by atoms with van der Waals surface area (Å²) in [6, 6.07) is 19.1. The Kier molecular flexibility index (Phi) is 4.78. The summed E-state index contributed by atoms with van der Waals surface area (Å²) in [6.07, 6.45) is 5.33. The third-order valence-corrected chi connectivity index (χ3v) is 6.76. The fourth-order valence-corrected chi connectivity index (χ4v) is 5.05. The van der Waals surface area contributed by atoms with Crippen molar-refractivity contribution in [1.29, 1.82) is 5.26 Å². The number of nitrogens with one attached hydrogen (secondary N) is 1. The number of nitrogens with zero attached hydrogens (tertiary/aromatic N) is 5. The molecule has 6 heteroatoms. The number of benzene rings is 2. The van der Waals surface area contributed by atoms with Gasteiger partial charge in [-0.2, -0.15) is 5.26 Å². The SMILES string of the molecule is Cc1cnc2n1-c1ccc(N3CCCNCC3)cc1Cn1cc(-c3ccc(C#N)cc3)cc1-2. The summed E-state index contributed by atoms with van der Waals surface area (Å²) < 4.78 is 4.59. The number of hydrogen-bond donors (Lipinski definition) is 1. The molecule has 4 aromatic rings. The van der Waals surface area contributed by atoms with Gasteiger partial charge in [-0.15, -0.1) is 0 Å². The van der Waals surface area contributed by atoms with Gasteiger partial charge in [0.25, 0.3) is 0 Å². The molecule has 4 heterocycles. The molecule has 0 atom stereocenters. The van der Waals surface area contributed by atoms with Crippen molar-refractivity contribution < 1.29 is 0 Å². The van der Waals surface area contributed by atoms with Gasteiger partial charge >= 0.3 is 0 Å². The van der Waals surface area contributed by atoms with E-state index >= 15 is 0 Å². The van der Waals surface area contributed by atoms with E-state index in [4.69, 9.17) is 10.2 Å². The number of hydrogen-bond acceptors (Lipinski definition) is 4. The molecule has 0 saturated carbocycles. The van der Waals surface area contributed by atoms with Crippen LogP contribution in [0.5, 0.6) is 0 Å². The summed E-state index contributed by atoms with van der Waals surface area (Å²) in [6.45, 7) is 7.14. The van der Waals surface area contributed by atoms with Gasteiger partial charge < -0.3 is 14.8 Å². The van der Waals surface area contributed by atoms with Gasteiger partial charge in [0, 0.05) is 55.5 Å². The Morgan fingerprint density at radius 2 is 1.88 bits per heavy atom. The monoisotopic (exact) mass is 434 g/mol. The van der Waals surface area contributed by atoms with Crippen molar-refractivity contribution in [3.63, 3.8) is 0 Å². The second-order valence-corrected chi connectivity index (χ2v) is 8.89. The smallest absolute Gasteiger partial charge is 0.161 e. The van der Waals surface area contributed by atoms with Gasteiger partial charge in [-0.05, 0) is 67.4 Å². The zero-order valence-corrected chi connectivity index (χ0v) is 18.8. The van der Waals surface area contributed by atoms with E-state index in [-0.39, 0.29) is 0 Å².